The number of methoxy groups -OCH3 is 1. The van der Waals surface area contributed by atoms with Gasteiger partial charge in [-0.15, -0.1) is 0 Å². The molecule has 268 valence electrons. The van der Waals surface area contributed by atoms with E-state index in [2.05, 4.69) is 32.6 Å². The number of nitrogens with one attached hydrogen (secondary N) is 2. The highest BCUT2D eigenvalue weighted by Crippen LogP contribution is 2.37. The number of nitrogens with two attached hydrogens (primary N) is 1. The number of rotatable bonds is 10. The zero-order valence-electron chi connectivity index (χ0n) is 29.1. The zero-order chi connectivity index (χ0) is 36.6. The van der Waals surface area contributed by atoms with Gasteiger partial charge in [-0.1, -0.05) is 18.2 Å². The summed E-state index contributed by atoms with van der Waals surface area (Å²) in [5, 5.41) is 10.3. The lowest BCUT2D eigenvalue weighted by Gasteiger charge is -2.19. The van der Waals surface area contributed by atoms with Gasteiger partial charge in [0.2, 0.25) is 0 Å². The number of carbonyl (C=O) groups excluding carboxylic acids is 1. The van der Waals surface area contributed by atoms with E-state index in [0.29, 0.717) is 51.9 Å². The van der Waals surface area contributed by atoms with Crippen LogP contribution in [0.1, 0.15) is 51.4 Å². The zero-order valence-corrected chi connectivity index (χ0v) is 29.1. The molecule has 0 radical (unpaired) electrons. The summed E-state index contributed by atoms with van der Waals surface area (Å²) in [6.45, 7) is 0.316. The van der Waals surface area contributed by atoms with Crippen LogP contribution in [0, 0.1) is 0 Å². The number of aromatic nitrogens is 6. The Kier molecular flexibility index (Phi) is 8.35. The lowest BCUT2D eigenvalue weighted by Crippen LogP contribution is -2.27. The number of nitrogen functional groups attached to an aromatic ring is 1. The molecule has 1 aliphatic carbocycles. The molecule has 4 N–H and O–H groups in total. The van der Waals surface area contributed by atoms with Crippen molar-refractivity contribution in [2.75, 3.05) is 12.8 Å². The Hall–Kier alpha value is -7.15. The molecule has 1 aliphatic heterocycles. The minimum Gasteiger partial charge on any atom is -0.497 e. The Morgan fingerprint density at radius 2 is 1.83 bits per heavy atom. The molecule has 3 aromatic carbocycles. The lowest BCUT2D eigenvalue weighted by molar-refractivity contribution is -0.0266. The Labute approximate surface area is 309 Å². The quantitative estimate of drug-likeness (QED) is 0.134. The molecule has 54 heavy (non-hydrogen) atoms. The number of amides is 1. The fourth-order valence-corrected chi connectivity index (χ4v) is 6.95. The monoisotopic (exact) mass is 718 g/mol. The van der Waals surface area contributed by atoms with E-state index in [4.69, 9.17) is 34.6 Å². The Morgan fingerprint density at radius 3 is 2.63 bits per heavy atom. The molecule has 7 aromatic rings. The van der Waals surface area contributed by atoms with Crippen LogP contribution in [0.5, 0.6) is 11.5 Å². The van der Waals surface area contributed by atoms with Crippen molar-refractivity contribution in [3.63, 3.8) is 0 Å². The average molecular weight is 719 g/mol. The number of fused-ring (bicyclic) bond motifs is 2. The molecule has 0 unspecified atom stereocenters. The number of hydrogen-bond acceptors (Lipinski definition) is 10. The van der Waals surface area contributed by atoms with E-state index in [1.165, 1.54) is 12.5 Å². The highest BCUT2D eigenvalue weighted by Gasteiger charge is 2.28. The maximum atomic E-state index is 13.8. The number of imidazole rings is 1. The summed E-state index contributed by atoms with van der Waals surface area (Å²) in [6.07, 6.45) is 7.09. The van der Waals surface area contributed by atoms with Gasteiger partial charge in [0.15, 0.2) is 11.5 Å². The van der Waals surface area contributed by atoms with Crippen molar-refractivity contribution < 1.29 is 23.7 Å². The van der Waals surface area contributed by atoms with Crippen LogP contribution in [0.3, 0.4) is 0 Å². The van der Waals surface area contributed by atoms with Gasteiger partial charge in [-0.25, -0.2) is 15.0 Å². The van der Waals surface area contributed by atoms with Crippen molar-refractivity contribution in [2.45, 2.75) is 31.8 Å². The van der Waals surface area contributed by atoms with E-state index in [-0.39, 0.29) is 11.9 Å². The van der Waals surface area contributed by atoms with Gasteiger partial charge in [0.1, 0.15) is 42.0 Å². The van der Waals surface area contributed by atoms with Gasteiger partial charge >= 0.3 is 0 Å². The Morgan fingerprint density at radius 1 is 0.963 bits per heavy atom. The van der Waals surface area contributed by atoms with Gasteiger partial charge in [0.05, 0.1) is 35.7 Å². The minimum atomic E-state index is -0.731. The van der Waals surface area contributed by atoms with Gasteiger partial charge in [0.25, 0.3) is 12.2 Å². The van der Waals surface area contributed by atoms with Gasteiger partial charge < -0.3 is 30.0 Å². The smallest absolute Gasteiger partial charge is 0.269 e. The third-order valence-corrected chi connectivity index (χ3v) is 9.67. The van der Waals surface area contributed by atoms with E-state index in [1.54, 1.807) is 37.7 Å². The van der Waals surface area contributed by atoms with Gasteiger partial charge in [-0.2, -0.15) is 5.10 Å². The maximum Gasteiger partial charge on any atom is 0.269 e. The van der Waals surface area contributed by atoms with Crippen molar-refractivity contribution in [1.29, 1.82) is 0 Å². The van der Waals surface area contributed by atoms with Gasteiger partial charge in [-0.05, 0) is 102 Å². The number of hydrogen-bond donors (Lipinski definition) is 3. The van der Waals surface area contributed by atoms with Crippen LogP contribution in [-0.2, 0) is 22.5 Å². The molecule has 9 rings (SSSR count). The molecule has 1 atom stereocenters. The number of H-pyrrole nitrogens is 1. The number of pyridine rings is 2. The standard InChI is InChI=1S/C41H34N8O5/c1-51-28-9-4-24(5-10-28)23-54-36-15-7-26(22-31(36)41-52-19-20-53-41)40(50)47-32-12-6-25-21-27(8-11-29(25)32)49-38(30-3-2-17-43-37(30)42)46-35-14-13-33(45-39(35)49)34-16-18-44-48-34/h2-5,7-11,13-22,32,41H,6,12,23H2,1H3,(H2,42,43)(H,44,48)(H,47,50)/t32-/m0/s1. The highest BCUT2D eigenvalue weighted by atomic mass is 16.7. The first-order valence-corrected chi connectivity index (χ1v) is 17.4. The second kappa shape index (κ2) is 13.8. The van der Waals surface area contributed by atoms with Crippen LogP contribution in [0.25, 0.3) is 39.6 Å². The van der Waals surface area contributed by atoms with Crippen LogP contribution in [0.15, 0.2) is 116 Å². The normalized spacial score (nSPS) is 14.8. The van der Waals surface area contributed by atoms with Crippen LogP contribution < -0.4 is 20.5 Å². The second-order valence-corrected chi connectivity index (χ2v) is 12.9. The molecule has 0 spiro atoms. The topological polar surface area (TPSA) is 164 Å². The van der Waals surface area contributed by atoms with Gasteiger partial charge in [0, 0.05) is 23.6 Å². The first-order valence-electron chi connectivity index (χ1n) is 17.4. The van der Waals surface area contributed by atoms with Crippen LogP contribution in [-0.4, -0.2) is 42.7 Å². The number of aromatic amines is 1. The predicted molar refractivity (Wildman–Crippen MR) is 200 cm³/mol. The van der Waals surface area contributed by atoms with Crippen molar-refractivity contribution in [2.24, 2.45) is 0 Å². The molecule has 5 heterocycles. The number of nitrogens with zero attached hydrogens (tertiary/aromatic N) is 5. The molecular formula is C41H34N8O5. The fraction of sp³-hybridized carbons (Fsp3) is 0.146. The molecule has 2 aliphatic rings. The summed E-state index contributed by atoms with van der Waals surface area (Å²) in [5.74, 6) is 2.11. The molecule has 1 amide bonds. The van der Waals surface area contributed by atoms with Crippen LogP contribution in [0.2, 0.25) is 0 Å². The number of benzene rings is 3. The summed E-state index contributed by atoms with van der Waals surface area (Å²) in [5.41, 5.74) is 15.1. The Balaban J connectivity index is 0.993. The molecule has 13 nitrogen and oxygen atoms in total. The van der Waals surface area contributed by atoms with Crippen molar-refractivity contribution in [1.82, 2.24) is 35.0 Å². The van der Waals surface area contributed by atoms with Crippen molar-refractivity contribution in [3.8, 4) is 40.0 Å². The summed E-state index contributed by atoms with van der Waals surface area (Å²) in [7, 11) is 1.63. The fourth-order valence-electron chi connectivity index (χ4n) is 6.95. The maximum absolute atomic E-state index is 13.8. The molecule has 4 aromatic heterocycles. The first-order chi connectivity index (χ1) is 26.5. The number of aryl methyl sites for hydroxylation is 1. The van der Waals surface area contributed by atoms with E-state index < -0.39 is 6.29 Å². The van der Waals surface area contributed by atoms with E-state index in [9.17, 15) is 4.79 Å². The van der Waals surface area contributed by atoms with E-state index in [1.807, 2.05) is 65.2 Å². The molecule has 0 saturated heterocycles. The third kappa shape index (κ3) is 6.11. The van der Waals surface area contributed by atoms with Crippen molar-refractivity contribution in [3.05, 3.63) is 144 Å². The lowest BCUT2D eigenvalue weighted by atomic mass is 10.1. The van der Waals surface area contributed by atoms with Gasteiger partial charge in [-0.3, -0.25) is 14.5 Å². The Bertz CT molecular complexity index is 2520. The molecule has 0 bridgehead atoms. The van der Waals surface area contributed by atoms with Crippen LogP contribution in [0.4, 0.5) is 5.82 Å². The number of ether oxygens (including phenoxy) is 4. The second-order valence-electron chi connectivity index (χ2n) is 12.9. The SMILES string of the molecule is COc1ccc(COc2ccc(C(=O)N[C@H]3CCc4cc(-n5c(-c6cccnc6N)nc6ccc(-c7ccn[nH]7)nc65)ccc43)cc2C2OC=CO2)cc1. The third-order valence-electron chi connectivity index (χ3n) is 9.67. The predicted octanol–water partition coefficient (Wildman–Crippen LogP) is 6.98. The number of carbonyl (C=O) groups is 1. The largest absolute Gasteiger partial charge is 0.497 e. The summed E-state index contributed by atoms with van der Waals surface area (Å²) in [6, 6.07) is 28.5. The minimum absolute atomic E-state index is 0.185. The molecular weight excluding hydrogens is 685 g/mol. The molecule has 0 saturated carbocycles. The molecule has 13 heteroatoms. The van der Waals surface area contributed by atoms with Crippen LogP contribution >= 0.6 is 0 Å². The number of anilines is 1. The summed E-state index contributed by atoms with van der Waals surface area (Å²) < 4.78 is 24.8. The summed E-state index contributed by atoms with van der Waals surface area (Å²) in [4.78, 5) is 28.1. The molecule has 0 fully saturated rings. The summed E-state index contributed by atoms with van der Waals surface area (Å²) >= 11 is 0. The van der Waals surface area contributed by atoms with E-state index in [0.717, 1.165) is 52.4 Å². The van der Waals surface area contributed by atoms with Crippen molar-refractivity contribution >= 4 is 22.9 Å². The first kappa shape index (κ1) is 32.7. The highest BCUT2D eigenvalue weighted by molar-refractivity contribution is 5.95. The van der Waals surface area contributed by atoms with E-state index >= 15 is 0 Å². The average Bonchev–Trinajstić information content (AvgIpc) is 4.05.